The van der Waals surface area contributed by atoms with Crippen molar-refractivity contribution in [2.24, 2.45) is 5.92 Å². The lowest BCUT2D eigenvalue weighted by molar-refractivity contribution is -0.148. The normalized spacial score (nSPS) is 21.0. The predicted molar refractivity (Wildman–Crippen MR) is 127 cm³/mol. The first-order chi connectivity index (χ1) is 16.6. The van der Waals surface area contributed by atoms with Crippen molar-refractivity contribution in [2.75, 3.05) is 13.2 Å². The number of pyridine rings is 2. The number of benzene rings is 1. The first-order valence-corrected chi connectivity index (χ1v) is 11.8. The van der Waals surface area contributed by atoms with Gasteiger partial charge in [0.2, 0.25) is 5.88 Å². The first-order valence-electron chi connectivity index (χ1n) is 11.8. The molecule has 2 aliphatic rings. The number of aryl methyl sites for hydroxylation is 1. The molecule has 1 saturated carbocycles. The van der Waals surface area contributed by atoms with Crippen LogP contribution in [-0.4, -0.2) is 50.6 Å². The zero-order chi connectivity index (χ0) is 23.2. The number of carboxylic acid groups (broad SMARTS) is 1. The molecule has 2 N–H and O–H groups in total. The SMILES string of the molecule is Cc1cc(-c2c(C3CCOCC3)nc(OC3CC(C(=O)O)C3)c3cc4[nH]ncc4cc23)ccn1. The van der Waals surface area contributed by atoms with Gasteiger partial charge in [-0.05, 0) is 67.8 Å². The number of aliphatic carboxylic acids is 1. The second kappa shape index (κ2) is 8.36. The molecule has 8 heteroatoms. The van der Waals surface area contributed by atoms with Gasteiger partial charge in [0.15, 0.2) is 0 Å². The van der Waals surface area contributed by atoms with Crippen LogP contribution in [-0.2, 0) is 9.53 Å². The van der Waals surface area contributed by atoms with Gasteiger partial charge in [-0.1, -0.05) is 0 Å². The topological polar surface area (TPSA) is 110 Å². The van der Waals surface area contributed by atoms with Gasteiger partial charge in [0.05, 0.1) is 23.3 Å². The van der Waals surface area contributed by atoms with E-state index in [9.17, 15) is 9.90 Å². The number of aromatic nitrogens is 4. The average Bonchev–Trinajstić information content (AvgIpc) is 3.27. The van der Waals surface area contributed by atoms with Crippen LogP contribution < -0.4 is 4.74 Å². The second-order valence-electron chi connectivity index (χ2n) is 9.35. The number of ether oxygens (including phenoxy) is 2. The first kappa shape index (κ1) is 21.0. The van der Waals surface area contributed by atoms with Crippen molar-refractivity contribution in [3.8, 4) is 17.0 Å². The largest absolute Gasteiger partial charge is 0.481 e. The van der Waals surface area contributed by atoms with E-state index in [0.29, 0.717) is 31.9 Å². The highest BCUT2D eigenvalue weighted by atomic mass is 16.5. The second-order valence-corrected chi connectivity index (χ2v) is 9.35. The summed E-state index contributed by atoms with van der Waals surface area (Å²) >= 11 is 0. The summed E-state index contributed by atoms with van der Waals surface area (Å²) in [7, 11) is 0. The third-order valence-electron chi connectivity index (χ3n) is 7.07. The van der Waals surface area contributed by atoms with E-state index in [-0.39, 0.29) is 17.9 Å². The Morgan fingerprint density at radius 3 is 2.76 bits per heavy atom. The molecule has 0 unspecified atom stereocenters. The van der Waals surface area contributed by atoms with E-state index in [0.717, 1.165) is 57.0 Å². The molecule has 4 aromatic rings. The lowest BCUT2D eigenvalue weighted by Gasteiger charge is -2.33. The van der Waals surface area contributed by atoms with Crippen molar-refractivity contribution < 1.29 is 19.4 Å². The van der Waals surface area contributed by atoms with Crippen LogP contribution in [0.1, 0.15) is 43.0 Å². The van der Waals surface area contributed by atoms with E-state index in [2.05, 4.69) is 27.3 Å². The number of nitrogens with zero attached hydrogens (tertiary/aromatic N) is 3. The lowest BCUT2D eigenvalue weighted by Crippen LogP contribution is -2.38. The molecule has 1 aromatic carbocycles. The molecule has 4 heterocycles. The highest BCUT2D eigenvalue weighted by molar-refractivity contribution is 6.06. The maximum Gasteiger partial charge on any atom is 0.306 e. The Labute approximate surface area is 196 Å². The Hall–Kier alpha value is -3.52. The fourth-order valence-electron chi connectivity index (χ4n) is 5.12. The molecule has 0 atom stereocenters. The van der Waals surface area contributed by atoms with E-state index >= 15 is 0 Å². The van der Waals surface area contributed by atoms with Crippen LogP contribution >= 0.6 is 0 Å². The van der Waals surface area contributed by atoms with Crippen molar-refractivity contribution in [3.63, 3.8) is 0 Å². The van der Waals surface area contributed by atoms with E-state index in [1.807, 2.05) is 31.5 Å². The zero-order valence-electron chi connectivity index (χ0n) is 19.0. The van der Waals surface area contributed by atoms with Crippen LogP contribution in [0.4, 0.5) is 0 Å². The minimum atomic E-state index is -0.761. The van der Waals surface area contributed by atoms with Crippen molar-refractivity contribution in [1.82, 2.24) is 20.2 Å². The summed E-state index contributed by atoms with van der Waals surface area (Å²) in [6, 6.07) is 8.33. The van der Waals surface area contributed by atoms with Crippen LogP contribution in [0, 0.1) is 12.8 Å². The number of rotatable bonds is 5. The van der Waals surface area contributed by atoms with Gasteiger partial charge in [-0.3, -0.25) is 14.9 Å². The molecule has 1 aliphatic heterocycles. The van der Waals surface area contributed by atoms with Crippen LogP contribution in [0.5, 0.6) is 5.88 Å². The van der Waals surface area contributed by atoms with Gasteiger partial charge < -0.3 is 14.6 Å². The van der Waals surface area contributed by atoms with Crippen LogP contribution in [0.25, 0.3) is 32.8 Å². The summed E-state index contributed by atoms with van der Waals surface area (Å²) in [5.74, 6) is -0.290. The quantitative estimate of drug-likeness (QED) is 0.449. The van der Waals surface area contributed by atoms with E-state index in [1.165, 1.54) is 0 Å². The molecule has 3 aromatic heterocycles. The third-order valence-corrected chi connectivity index (χ3v) is 7.07. The molecule has 8 nitrogen and oxygen atoms in total. The average molecular weight is 459 g/mol. The molecule has 0 bridgehead atoms. The molecule has 0 radical (unpaired) electrons. The number of aromatic amines is 1. The highest BCUT2D eigenvalue weighted by Crippen LogP contribution is 2.43. The summed E-state index contributed by atoms with van der Waals surface area (Å²) in [4.78, 5) is 20.8. The van der Waals surface area contributed by atoms with E-state index < -0.39 is 5.97 Å². The van der Waals surface area contributed by atoms with Gasteiger partial charge in [0.1, 0.15) is 6.10 Å². The fraction of sp³-hybridized carbons (Fsp3) is 0.385. The summed E-state index contributed by atoms with van der Waals surface area (Å²) in [6.07, 6.45) is 6.32. The van der Waals surface area contributed by atoms with Crippen LogP contribution in [0.15, 0.2) is 36.7 Å². The smallest absolute Gasteiger partial charge is 0.306 e. The molecular formula is C26H26N4O4. The summed E-state index contributed by atoms with van der Waals surface area (Å²) in [5.41, 5.74) is 5.04. The maximum absolute atomic E-state index is 11.3. The van der Waals surface area contributed by atoms with Gasteiger partial charge in [-0.15, -0.1) is 0 Å². The molecule has 6 rings (SSSR count). The molecule has 174 valence electrons. The standard InChI is InChI=1S/C26H26N4O4/c1-14-8-16(2-5-27-14)23-20-11-18-13-28-30-22(18)12-21(20)25(34-19-9-17(10-19)26(31)32)29-24(23)15-3-6-33-7-4-15/h2,5,8,11-13,15,17,19H,3-4,6-7,9-10H2,1H3,(H,28,30)(H,31,32). The third kappa shape index (κ3) is 3.68. The van der Waals surface area contributed by atoms with E-state index in [1.54, 1.807) is 0 Å². The van der Waals surface area contributed by atoms with Crippen LogP contribution in [0.2, 0.25) is 0 Å². The Morgan fingerprint density at radius 1 is 1.18 bits per heavy atom. The molecule has 1 aliphatic carbocycles. The monoisotopic (exact) mass is 458 g/mol. The Balaban J connectivity index is 1.56. The molecule has 0 amide bonds. The summed E-state index contributed by atoms with van der Waals surface area (Å²) in [5, 5.41) is 19.5. The minimum Gasteiger partial charge on any atom is -0.481 e. The Kier molecular flexibility index (Phi) is 5.17. The van der Waals surface area contributed by atoms with Gasteiger partial charge >= 0.3 is 5.97 Å². The zero-order valence-corrected chi connectivity index (χ0v) is 19.0. The number of H-pyrrole nitrogens is 1. The molecule has 1 saturated heterocycles. The van der Waals surface area contributed by atoms with Crippen molar-refractivity contribution in [1.29, 1.82) is 0 Å². The van der Waals surface area contributed by atoms with Crippen molar-refractivity contribution in [2.45, 2.75) is 44.6 Å². The number of carbonyl (C=O) groups is 1. The van der Waals surface area contributed by atoms with Gasteiger partial charge in [-0.2, -0.15) is 5.10 Å². The maximum atomic E-state index is 11.3. The highest BCUT2D eigenvalue weighted by Gasteiger charge is 2.37. The molecule has 34 heavy (non-hydrogen) atoms. The predicted octanol–water partition coefficient (Wildman–Crippen LogP) is 4.62. The van der Waals surface area contributed by atoms with Gasteiger partial charge in [-0.25, -0.2) is 4.98 Å². The number of fused-ring (bicyclic) bond motifs is 2. The molecular weight excluding hydrogens is 432 g/mol. The minimum absolute atomic E-state index is 0.147. The number of nitrogens with one attached hydrogen (secondary N) is 1. The van der Waals surface area contributed by atoms with Gasteiger partial charge in [0.25, 0.3) is 0 Å². The molecule has 0 spiro atoms. The summed E-state index contributed by atoms with van der Waals surface area (Å²) < 4.78 is 12.0. The Bertz CT molecular complexity index is 1390. The van der Waals surface area contributed by atoms with Crippen molar-refractivity contribution in [3.05, 3.63) is 48.0 Å². The van der Waals surface area contributed by atoms with Crippen LogP contribution in [0.3, 0.4) is 0 Å². The fourth-order valence-corrected chi connectivity index (χ4v) is 5.12. The van der Waals surface area contributed by atoms with Gasteiger partial charge in [0, 0.05) is 47.4 Å². The number of carboxylic acids is 1. The number of hydrogen-bond acceptors (Lipinski definition) is 6. The van der Waals surface area contributed by atoms with E-state index in [4.69, 9.17) is 14.5 Å². The number of hydrogen-bond donors (Lipinski definition) is 2. The van der Waals surface area contributed by atoms with Crippen molar-refractivity contribution >= 4 is 27.6 Å². The summed E-state index contributed by atoms with van der Waals surface area (Å²) in [6.45, 7) is 3.41. The lowest BCUT2D eigenvalue weighted by atomic mass is 9.82. The molecule has 2 fully saturated rings. The Morgan fingerprint density at radius 2 is 2.00 bits per heavy atom.